The molecular formula is C25H24N2O8. The number of rotatable bonds is 8. The minimum Gasteiger partial charge on any atom is -0.454 e. The standard InChI is InChI=1S/C25H24N2O8/c1-17(28)33-22-14-20(34-24(30)19-10-6-3-7-11-19)23(35-22)26-13-12-21(29)27(25(26)31)16-32-15-18-8-4-2-5-9-18/h2-13,20,22-23H,14-16H2,1H3/t20?,22?,23-/m1/s1. The lowest BCUT2D eigenvalue weighted by Gasteiger charge is -2.21. The van der Waals surface area contributed by atoms with Gasteiger partial charge >= 0.3 is 17.6 Å². The highest BCUT2D eigenvalue weighted by atomic mass is 16.7. The first kappa shape index (κ1) is 24.1. The molecule has 1 fully saturated rings. The predicted octanol–water partition coefficient (Wildman–Crippen LogP) is 2.22. The van der Waals surface area contributed by atoms with Gasteiger partial charge in [-0.05, 0) is 17.7 Å². The zero-order valence-electron chi connectivity index (χ0n) is 18.9. The average molecular weight is 480 g/mol. The van der Waals surface area contributed by atoms with Crippen LogP contribution in [0.5, 0.6) is 0 Å². The van der Waals surface area contributed by atoms with Crippen LogP contribution in [0.15, 0.2) is 82.5 Å². The van der Waals surface area contributed by atoms with Gasteiger partial charge in [-0.1, -0.05) is 48.5 Å². The maximum Gasteiger partial charge on any atom is 0.338 e. The molecule has 182 valence electrons. The molecule has 35 heavy (non-hydrogen) atoms. The lowest BCUT2D eigenvalue weighted by molar-refractivity contribution is -0.180. The smallest absolute Gasteiger partial charge is 0.338 e. The Kier molecular flexibility index (Phi) is 7.54. The van der Waals surface area contributed by atoms with Crippen LogP contribution in [0.3, 0.4) is 0 Å². The summed E-state index contributed by atoms with van der Waals surface area (Å²) in [6, 6.07) is 18.8. The van der Waals surface area contributed by atoms with Crippen LogP contribution in [0.1, 0.15) is 35.5 Å². The first-order valence-electron chi connectivity index (χ1n) is 10.9. The van der Waals surface area contributed by atoms with E-state index >= 15 is 0 Å². The summed E-state index contributed by atoms with van der Waals surface area (Å²) in [4.78, 5) is 49.6. The van der Waals surface area contributed by atoms with Crippen molar-refractivity contribution >= 4 is 11.9 Å². The molecule has 3 atom stereocenters. The van der Waals surface area contributed by atoms with Gasteiger partial charge in [0, 0.05) is 19.2 Å². The van der Waals surface area contributed by atoms with Gasteiger partial charge in [-0.15, -0.1) is 0 Å². The molecular weight excluding hydrogens is 456 g/mol. The van der Waals surface area contributed by atoms with Gasteiger partial charge in [0.1, 0.15) is 6.73 Å². The van der Waals surface area contributed by atoms with Crippen molar-refractivity contribution in [2.75, 3.05) is 0 Å². The van der Waals surface area contributed by atoms with Crippen LogP contribution in [0.2, 0.25) is 0 Å². The molecule has 0 spiro atoms. The lowest BCUT2D eigenvalue weighted by atomic mass is 10.2. The van der Waals surface area contributed by atoms with Crippen molar-refractivity contribution in [1.29, 1.82) is 0 Å². The zero-order valence-corrected chi connectivity index (χ0v) is 18.9. The summed E-state index contributed by atoms with van der Waals surface area (Å²) in [5.41, 5.74) is -0.0895. The number of aromatic nitrogens is 2. The molecule has 0 aliphatic carbocycles. The number of hydrogen-bond donors (Lipinski definition) is 0. The summed E-state index contributed by atoms with van der Waals surface area (Å²) >= 11 is 0. The van der Waals surface area contributed by atoms with Crippen LogP contribution >= 0.6 is 0 Å². The summed E-state index contributed by atoms with van der Waals surface area (Å²) < 4.78 is 24.1. The summed E-state index contributed by atoms with van der Waals surface area (Å²) in [5.74, 6) is -1.21. The van der Waals surface area contributed by atoms with E-state index in [1.807, 2.05) is 30.3 Å². The molecule has 10 nitrogen and oxygen atoms in total. The Morgan fingerprint density at radius 2 is 1.66 bits per heavy atom. The number of carbonyl (C=O) groups is 2. The van der Waals surface area contributed by atoms with E-state index in [1.165, 1.54) is 19.2 Å². The Balaban J connectivity index is 1.56. The minimum absolute atomic E-state index is 0.0128. The van der Waals surface area contributed by atoms with Gasteiger partial charge < -0.3 is 18.9 Å². The molecule has 0 amide bonds. The molecule has 0 bridgehead atoms. The largest absolute Gasteiger partial charge is 0.454 e. The molecule has 0 radical (unpaired) electrons. The molecule has 1 aliphatic heterocycles. The second-order valence-electron chi connectivity index (χ2n) is 7.85. The molecule has 1 aliphatic rings. The van der Waals surface area contributed by atoms with E-state index in [0.29, 0.717) is 5.56 Å². The van der Waals surface area contributed by atoms with Gasteiger partial charge in [0.25, 0.3) is 5.56 Å². The van der Waals surface area contributed by atoms with Crippen molar-refractivity contribution < 1.29 is 28.5 Å². The molecule has 1 saturated heterocycles. The summed E-state index contributed by atoms with van der Waals surface area (Å²) in [6.45, 7) is 1.13. The molecule has 2 unspecified atom stereocenters. The van der Waals surface area contributed by atoms with Crippen LogP contribution in [0, 0.1) is 0 Å². The highest BCUT2D eigenvalue weighted by molar-refractivity contribution is 5.89. The van der Waals surface area contributed by atoms with E-state index in [0.717, 1.165) is 14.7 Å². The van der Waals surface area contributed by atoms with Crippen LogP contribution in [0.4, 0.5) is 0 Å². The van der Waals surface area contributed by atoms with E-state index in [2.05, 4.69) is 0 Å². The minimum atomic E-state index is -1.12. The monoisotopic (exact) mass is 480 g/mol. The number of nitrogens with zero attached hydrogens (tertiary/aromatic N) is 2. The van der Waals surface area contributed by atoms with Crippen LogP contribution in [-0.2, 0) is 37.1 Å². The van der Waals surface area contributed by atoms with Gasteiger partial charge in [-0.25, -0.2) is 14.2 Å². The maximum absolute atomic E-state index is 13.2. The third-order valence-electron chi connectivity index (χ3n) is 5.30. The number of ether oxygens (including phenoxy) is 4. The van der Waals surface area contributed by atoms with Gasteiger partial charge in [-0.3, -0.25) is 14.2 Å². The zero-order chi connectivity index (χ0) is 24.8. The molecule has 2 heterocycles. The van der Waals surface area contributed by atoms with E-state index in [-0.39, 0.29) is 19.8 Å². The van der Waals surface area contributed by atoms with Crippen molar-refractivity contribution in [2.45, 2.75) is 45.3 Å². The first-order chi connectivity index (χ1) is 16.9. The van der Waals surface area contributed by atoms with Crippen molar-refractivity contribution in [1.82, 2.24) is 9.13 Å². The second-order valence-corrected chi connectivity index (χ2v) is 7.85. The molecule has 0 N–H and O–H groups in total. The summed E-state index contributed by atoms with van der Waals surface area (Å²) in [5, 5.41) is 0. The highest BCUT2D eigenvalue weighted by Gasteiger charge is 2.42. The fourth-order valence-electron chi connectivity index (χ4n) is 3.67. The van der Waals surface area contributed by atoms with Crippen molar-refractivity contribution in [3.63, 3.8) is 0 Å². The molecule has 2 aromatic carbocycles. The topological polar surface area (TPSA) is 115 Å². The van der Waals surface area contributed by atoms with Gasteiger partial charge in [0.2, 0.25) is 6.29 Å². The maximum atomic E-state index is 13.2. The molecule has 0 saturated carbocycles. The molecule has 3 aromatic rings. The first-order valence-corrected chi connectivity index (χ1v) is 10.9. The molecule has 1 aromatic heterocycles. The Morgan fingerprint density at radius 3 is 2.34 bits per heavy atom. The third-order valence-corrected chi connectivity index (χ3v) is 5.30. The second kappa shape index (κ2) is 10.9. The summed E-state index contributed by atoms with van der Waals surface area (Å²) in [6.07, 6.45) is -1.85. The number of esters is 2. The van der Waals surface area contributed by atoms with E-state index < -0.39 is 41.8 Å². The quantitative estimate of drug-likeness (QED) is 0.451. The van der Waals surface area contributed by atoms with E-state index in [4.69, 9.17) is 18.9 Å². The molecule has 10 heteroatoms. The van der Waals surface area contributed by atoms with Gasteiger partial charge in [0.05, 0.1) is 18.6 Å². The van der Waals surface area contributed by atoms with Crippen LogP contribution in [-0.4, -0.2) is 33.5 Å². The fraction of sp³-hybridized carbons (Fsp3) is 0.280. The SMILES string of the molecule is CC(=O)OC1CC(OC(=O)c2ccccc2)[C@H](n2ccc(=O)n(COCc3ccccc3)c2=O)O1. The Bertz CT molecular complexity index is 1290. The Hall–Kier alpha value is -4.02. The van der Waals surface area contributed by atoms with Crippen LogP contribution < -0.4 is 11.2 Å². The number of carbonyl (C=O) groups excluding carboxylic acids is 2. The highest BCUT2D eigenvalue weighted by Crippen LogP contribution is 2.31. The number of hydrogen-bond acceptors (Lipinski definition) is 8. The number of benzene rings is 2. The van der Waals surface area contributed by atoms with E-state index in [9.17, 15) is 19.2 Å². The third kappa shape index (κ3) is 5.92. The van der Waals surface area contributed by atoms with Crippen molar-refractivity contribution in [3.8, 4) is 0 Å². The van der Waals surface area contributed by atoms with Gasteiger partial charge in [0.15, 0.2) is 12.3 Å². The van der Waals surface area contributed by atoms with Crippen LogP contribution in [0.25, 0.3) is 0 Å². The average Bonchev–Trinajstić information content (AvgIpc) is 3.23. The Labute approximate surface area is 200 Å². The lowest BCUT2D eigenvalue weighted by Crippen LogP contribution is -2.43. The van der Waals surface area contributed by atoms with E-state index in [1.54, 1.807) is 30.3 Å². The fourth-order valence-corrected chi connectivity index (χ4v) is 3.67. The molecule has 4 rings (SSSR count). The predicted molar refractivity (Wildman–Crippen MR) is 122 cm³/mol. The summed E-state index contributed by atoms with van der Waals surface area (Å²) in [7, 11) is 0. The van der Waals surface area contributed by atoms with Crippen molar-refractivity contribution in [3.05, 3.63) is 105 Å². The van der Waals surface area contributed by atoms with Gasteiger partial charge in [-0.2, -0.15) is 0 Å². The Morgan fingerprint density at radius 1 is 0.971 bits per heavy atom. The van der Waals surface area contributed by atoms with Crippen molar-refractivity contribution in [2.24, 2.45) is 0 Å². The normalized spacial score (nSPS) is 19.3.